The van der Waals surface area contributed by atoms with Crippen molar-refractivity contribution in [3.8, 4) is 5.75 Å². The van der Waals surface area contributed by atoms with Gasteiger partial charge in [-0.25, -0.2) is 13.4 Å². The first kappa shape index (κ1) is 27.8. The lowest BCUT2D eigenvalue weighted by atomic mass is 10.2. The molecule has 3 aromatic carbocycles. The van der Waals surface area contributed by atoms with Crippen molar-refractivity contribution in [1.82, 2.24) is 9.88 Å². The zero-order valence-electron chi connectivity index (χ0n) is 21.3. The monoisotopic (exact) mass is 572 g/mol. The maximum atomic E-state index is 13.7. The van der Waals surface area contributed by atoms with Crippen LogP contribution in [0.1, 0.15) is 15.9 Å². The summed E-state index contributed by atoms with van der Waals surface area (Å²) in [5.41, 5.74) is 2.83. The van der Waals surface area contributed by atoms with Gasteiger partial charge >= 0.3 is 0 Å². The Hall–Kier alpha value is -3.18. The molecule has 0 saturated carbocycles. The Bertz CT molecular complexity index is 1560. The third kappa shape index (κ3) is 5.22. The second kappa shape index (κ2) is 11.3. The molecule has 0 spiro atoms. The quantitative estimate of drug-likeness (QED) is 0.305. The molecule has 0 aliphatic carbocycles. The van der Waals surface area contributed by atoms with E-state index in [0.29, 0.717) is 53.7 Å². The van der Waals surface area contributed by atoms with E-state index in [4.69, 9.17) is 9.72 Å². The van der Waals surface area contributed by atoms with Gasteiger partial charge in [0.05, 0.1) is 22.4 Å². The molecule has 0 atom stereocenters. The minimum absolute atomic E-state index is 0. The Labute approximate surface area is 232 Å². The summed E-state index contributed by atoms with van der Waals surface area (Å²) in [6.45, 7) is 1.47. The Morgan fingerprint density at radius 2 is 1.76 bits per heavy atom. The van der Waals surface area contributed by atoms with E-state index in [1.807, 2.05) is 61.5 Å². The number of carbonyl (C=O) groups is 1. The molecule has 0 N–H and O–H groups in total. The molecule has 1 aromatic heterocycles. The molecular formula is C27H29ClN4O4S2. The second-order valence-electron chi connectivity index (χ2n) is 9.04. The average Bonchev–Trinajstić information content (AvgIpc) is 3.53. The molecule has 1 aliphatic rings. The van der Waals surface area contributed by atoms with Crippen LogP contribution < -0.4 is 13.9 Å². The lowest BCUT2D eigenvalue weighted by Gasteiger charge is -2.22. The van der Waals surface area contributed by atoms with Crippen LogP contribution in [0.5, 0.6) is 5.75 Å². The van der Waals surface area contributed by atoms with Gasteiger partial charge in [0.1, 0.15) is 11.3 Å². The minimum atomic E-state index is -3.74. The zero-order chi connectivity index (χ0) is 26.2. The summed E-state index contributed by atoms with van der Waals surface area (Å²) in [4.78, 5) is 22.2. The van der Waals surface area contributed by atoms with Crippen LogP contribution in [0.25, 0.3) is 10.2 Å². The smallest absolute Gasteiger partial charge is 0.264 e. The normalized spacial score (nSPS) is 12.9. The number of halogens is 1. The minimum Gasteiger partial charge on any atom is -0.494 e. The molecule has 1 amide bonds. The number of thiazole rings is 1. The molecule has 8 nitrogen and oxygen atoms in total. The van der Waals surface area contributed by atoms with Gasteiger partial charge < -0.3 is 9.64 Å². The average molecular weight is 573 g/mol. The fourth-order valence-electron chi connectivity index (χ4n) is 4.39. The van der Waals surface area contributed by atoms with Crippen molar-refractivity contribution in [3.05, 3.63) is 77.9 Å². The summed E-state index contributed by atoms with van der Waals surface area (Å²) in [5.74, 6) is 0.411. The molecule has 0 saturated heterocycles. The van der Waals surface area contributed by atoms with Crippen LogP contribution in [-0.4, -0.2) is 65.0 Å². The highest BCUT2D eigenvalue weighted by atomic mass is 35.5. The first-order valence-corrected chi connectivity index (χ1v) is 14.2. The molecular weight excluding hydrogens is 544 g/mol. The SMILES string of the molecule is COc1cccc2sc(N(CCN(C)C)C(=O)c3ccc(S(=O)(=O)N4CCc5ccccc54)cc3)nc12.Cl. The number of anilines is 2. The van der Waals surface area contributed by atoms with Gasteiger partial charge in [-0.05, 0) is 68.5 Å². The number of rotatable bonds is 8. The van der Waals surface area contributed by atoms with E-state index >= 15 is 0 Å². The number of carbonyl (C=O) groups excluding carboxylic acids is 1. The first-order valence-electron chi connectivity index (χ1n) is 11.9. The van der Waals surface area contributed by atoms with Gasteiger partial charge in [0.2, 0.25) is 0 Å². The van der Waals surface area contributed by atoms with Gasteiger partial charge in [-0.15, -0.1) is 12.4 Å². The number of aromatic nitrogens is 1. The molecule has 200 valence electrons. The predicted octanol–water partition coefficient (Wildman–Crippen LogP) is 4.69. The summed E-state index contributed by atoms with van der Waals surface area (Å²) in [5, 5.41) is 0.566. The molecule has 11 heteroatoms. The van der Waals surface area contributed by atoms with E-state index in [2.05, 4.69) is 0 Å². The van der Waals surface area contributed by atoms with Crippen molar-refractivity contribution in [2.45, 2.75) is 11.3 Å². The molecule has 0 bridgehead atoms. The van der Waals surface area contributed by atoms with Gasteiger partial charge in [0.25, 0.3) is 15.9 Å². The van der Waals surface area contributed by atoms with E-state index < -0.39 is 10.0 Å². The number of hydrogen-bond donors (Lipinski definition) is 0. The number of methoxy groups -OCH3 is 1. The highest BCUT2D eigenvalue weighted by Gasteiger charge is 2.31. The number of amides is 1. The molecule has 1 aliphatic heterocycles. The Morgan fingerprint density at radius 1 is 1.03 bits per heavy atom. The number of benzene rings is 3. The van der Waals surface area contributed by atoms with E-state index in [1.54, 1.807) is 24.1 Å². The molecule has 0 fully saturated rings. The third-order valence-electron chi connectivity index (χ3n) is 6.37. The first-order chi connectivity index (χ1) is 17.8. The van der Waals surface area contributed by atoms with Crippen molar-refractivity contribution < 1.29 is 17.9 Å². The maximum absolute atomic E-state index is 13.7. The molecule has 2 heterocycles. The topological polar surface area (TPSA) is 83.0 Å². The Kier molecular flexibility index (Phi) is 8.27. The lowest BCUT2D eigenvalue weighted by Crippen LogP contribution is -2.36. The predicted molar refractivity (Wildman–Crippen MR) is 155 cm³/mol. The van der Waals surface area contributed by atoms with Gasteiger partial charge in [0, 0.05) is 25.2 Å². The number of ether oxygens (including phenoxy) is 1. The number of likely N-dealkylation sites (N-methyl/N-ethyl adjacent to an activating group) is 1. The second-order valence-corrected chi connectivity index (χ2v) is 11.9. The van der Waals surface area contributed by atoms with E-state index in [1.165, 1.54) is 27.8 Å². The zero-order valence-corrected chi connectivity index (χ0v) is 23.8. The van der Waals surface area contributed by atoms with E-state index in [0.717, 1.165) is 10.3 Å². The standard InChI is InChI=1S/C27H28N4O4S2.ClH/c1-29(2)17-18-30(27-28-25-23(35-3)9-6-10-24(25)36-27)26(32)20-11-13-21(14-12-20)37(33,34)31-16-15-19-7-4-5-8-22(19)31;/h4-14H,15-18H2,1-3H3;1H. The van der Waals surface area contributed by atoms with Crippen molar-refractivity contribution in [2.24, 2.45) is 0 Å². The fourth-order valence-corrected chi connectivity index (χ4v) is 6.90. The highest BCUT2D eigenvalue weighted by Crippen LogP contribution is 2.35. The van der Waals surface area contributed by atoms with Crippen LogP contribution in [0.3, 0.4) is 0 Å². The third-order valence-corrected chi connectivity index (χ3v) is 9.24. The number of para-hydroxylation sites is 2. The Morgan fingerprint density at radius 3 is 2.47 bits per heavy atom. The van der Waals surface area contributed by atoms with Crippen molar-refractivity contribution in [1.29, 1.82) is 0 Å². The molecule has 38 heavy (non-hydrogen) atoms. The molecule has 0 unspecified atom stereocenters. The summed E-state index contributed by atoms with van der Waals surface area (Å²) < 4.78 is 34.6. The summed E-state index contributed by atoms with van der Waals surface area (Å²) in [6.07, 6.45) is 0.680. The lowest BCUT2D eigenvalue weighted by molar-refractivity contribution is 0.0985. The number of hydrogen-bond acceptors (Lipinski definition) is 7. The van der Waals surface area contributed by atoms with Gasteiger partial charge in [-0.1, -0.05) is 35.6 Å². The number of fused-ring (bicyclic) bond motifs is 2. The van der Waals surface area contributed by atoms with Crippen LogP contribution in [0.2, 0.25) is 0 Å². The summed E-state index contributed by atoms with van der Waals surface area (Å²) >= 11 is 1.42. The molecule has 0 radical (unpaired) electrons. The van der Waals surface area contributed by atoms with Crippen LogP contribution in [0.15, 0.2) is 71.6 Å². The van der Waals surface area contributed by atoms with Gasteiger partial charge in [-0.2, -0.15) is 0 Å². The van der Waals surface area contributed by atoms with Crippen molar-refractivity contribution >= 4 is 60.7 Å². The van der Waals surface area contributed by atoms with E-state index in [-0.39, 0.29) is 23.2 Å². The van der Waals surface area contributed by atoms with E-state index in [9.17, 15) is 13.2 Å². The van der Waals surface area contributed by atoms with Crippen LogP contribution in [-0.2, 0) is 16.4 Å². The van der Waals surface area contributed by atoms with Gasteiger partial charge in [-0.3, -0.25) is 14.0 Å². The largest absolute Gasteiger partial charge is 0.494 e. The van der Waals surface area contributed by atoms with Crippen molar-refractivity contribution in [2.75, 3.05) is 50.0 Å². The number of sulfonamides is 1. The summed E-state index contributed by atoms with van der Waals surface area (Å²) in [7, 11) is 1.75. The summed E-state index contributed by atoms with van der Waals surface area (Å²) in [6, 6.07) is 19.4. The van der Waals surface area contributed by atoms with Crippen LogP contribution >= 0.6 is 23.7 Å². The Balaban J connectivity index is 0.00000336. The molecule has 5 rings (SSSR count). The van der Waals surface area contributed by atoms with Crippen molar-refractivity contribution in [3.63, 3.8) is 0 Å². The van der Waals surface area contributed by atoms with Crippen LogP contribution in [0.4, 0.5) is 10.8 Å². The number of nitrogens with zero attached hydrogens (tertiary/aromatic N) is 4. The van der Waals surface area contributed by atoms with Gasteiger partial charge in [0.15, 0.2) is 5.13 Å². The maximum Gasteiger partial charge on any atom is 0.264 e. The molecule has 4 aromatic rings. The highest BCUT2D eigenvalue weighted by molar-refractivity contribution is 7.92. The van der Waals surface area contributed by atoms with Crippen LogP contribution in [0, 0.1) is 0 Å². The fraction of sp³-hybridized carbons (Fsp3) is 0.259.